The summed E-state index contributed by atoms with van der Waals surface area (Å²) in [7, 11) is 0. The summed E-state index contributed by atoms with van der Waals surface area (Å²) in [6, 6.07) is 2.79. The van der Waals surface area contributed by atoms with Crippen LogP contribution in [0.3, 0.4) is 0 Å². The number of hydrogen-bond donors (Lipinski definition) is 2. The molecule has 3 nitrogen and oxygen atoms in total. The van der Waals surface area contributed by atoms with Crippen molar-refractivity contribution in [1.82, 2.24) is 0 Å². The molecule has 74 valence electrons. The SMILES string of the molecule is CC(C)C(O)C(N)c1ccc(Cl)o1. The Hall–Kier alpha value is -0.510. The maximum Gasteiger partial charge on any atom is 0.193 e. The van der Waals surface area contributed by atoms with Crippen LogP contribution in [0.25, 0.3) is 0 Å². The van der Waals surface area contributed by atoms with Gasteiger partial charge in [-0.1, -0.05) is 13.8 Å². The molecule has 0 aromatic carbocycles. The quantitative estimate of drug-likeness (QED) is 0.790. The topological polar surface area (TPSA) is 59.4 Å². The molecule has 0 radical (unpaired) electrons. The fraction of sp³-hybridized carbons (Fsp3) is 0.556. The molecular formula is C9H14ClNO2. The maximum atomic E-state index is 9.63. The second kappa shape index (κ2) is 4.13. The summed E-state index contributed by atoms with van der Waals surface area (Å²) in [5.41, 5.74) is 5.75. The minimum atomic E-state index is -0.609. The largest absolute Gasteiger partial charge is 0.448 e. The van der Waals surface area contributed by atoms with Gasteiger partial charge in [0.2, 0.25) is 0 Å². The van der Waals surface area contributed by atoms with Crippen LogP contribution in [-0.2, 0) is 0 Å². The lowest BCUT2D eigenvalue weighted by Crippen LogP contribution is -2.30. The first kappa shape index (κ1) is 10.6. The molecule has 1 aromatic heterocycles. The van der Waals surface area contributed by atoms with Crippen LogP contribution in [-0.4, -0.2) is 11.2 Å². The van der Waals surface area contributed by atoms with Gasteiger partial charge in [-0.05, 0) is 29.7 Å². The minimum absolute atomic E-state index is 0.0962. The Balaban J connectivity index is 2.73. The normalized spacial score (nSPS) is 16.2. The molecule has 13 heavy (non-hydrogen) atoms. The van der Waals surface area contributed by atoms with Crippen molar-refractivity contribution in [3.8, 4) is 0 Å². The van der Waals surface area contributed by atoms with Crippen molar-refractivity contribution in [2.75, 3.05) is 0 Å². The molecule has 2 unspecified atom stereocenters. The van der Waals surface area contributed by atoms with Gasteiger partial charge >= 0.3 is 0 Å². The van der Waals surface area contributed by atoms with Crippen LogP contribution in [0.5, 0.6) is 0 Å². The van der Waals surface area contributed by atoms with Gasteiger partial charge in [0.15, 0.2) is 5.22 Å². The number of furan rings is 1. The van der Waals surface area contributed by atoms with E-state index in [2.05, 4.69) is 0 Å². The molecular weight excluding hydrogens is 190 g/mol. The van der Waals surface area contributed by atoms with E-state index in [0.717, 1.165) is 0 Å². The Labute approximate surface area is 82.5 Å². The smallest absolute Gasteiger partial charge is 0.193 e. The second-order valence-corrected chi connectivity index (χ2v) is 3.77. The predicted octanol–water partition coefficient (Wildman–Crippen LogP) is 1.95. The van der Waals surface area contributed by atoms with Crippen LogP contribution in [0.4, 0.5) is 0 Å². The van der Waals surface area contributed by atoms with Gasteiger partial charge in [0, 0.05) is 0 Å². The zero-order valence-corrected chi connectivity index (χ0v) is 8.45. The maximum absolute atomic E-state index is 9.63. The standard InChI is InChI=1S/C9H14ClNO2/c1-5(2)9(12)8(11)6-3-4-7(10)13-6/h3-5,8-9,12H,11H2,1-2H3. The molecule has 3 N–H and O–H groups in total. The number of halogens is 1. The predicted molar refractivity (Wildman–Crippen MR) is 51.5 cm³/mol. The van der Waals surface area contributed by atoms with E-state index in [0.29, 0.717) is 11.0 Å². The van der Waals surface area contributed by atoms with E-state index < -0.39 is 12.1 Å². The van der Waals surface area contributed by atoms with E-state index in [9.17, 15) is 5.11 Å². The molecule has 4 heteroatoms. The highest BCUT2D eigenvalue weighted by molar-refractivity contribution is 6.28. The lowest BCUT2D eigenvalue weighted by molar-refractivity contribution is 0.0900. The van der Waals surface area contributed by atoms with Crippen molar-refractivity contribution in [3.05, 3.63) is 23.1 Å². The zero-order chi connectivity index (χ0) is 10.0. The lowest BCUT2D eigenvalue weighted by Gasteiger charge is -2.19. The van der Waals surface area contributed by atoms with Gasteiger partial charge < -0.3 is 15.3 Å². The fourth-order valence-electron chi connectivity index (χ4n) is 1.09. The van der Waals surface area contributed by atoms with E-state index in [4.69, 9.17) is 21.8 Å². The van der Waals surface area contributed by atoms with E-state index in [1.807, 2.05) is 13.8 Å². The van der Waals surface area contributed by atoms with Gasteiger partial charge in [0.25, 0.3) is 0 Å². The van der Waals surface area contributed by atoms with Gasteiger partial charge in [-0.15, -0.1) is 0 Å². The second-order valence-electron chi connectivity index (χ2n) is 3.40. The van der Waals surface area contributed by atoms with Gasteiger partial charge in [-0.3, -0.25) is 0 Å². The molecule has 0 aliphatic rings. The van der Waals surface area contributed by atoms with Crippen molar-refractivity contribution in [1.29, 1.82) is 0 Å². The van der Waals surface area contributed by atoms with E-state index in [1.54, 1.807) is 12.1 Å². The molecule has 0 spiro atoms. The number of aliphatic hydroxyl groups is 1. The van der Waals surface area contributed by atoms with Crippen molar-refractivity contribution in [2.24, 2.45) is 11.7 Å². The fourth-order valence-corrected chi connectivity index (χ4v) is 1.24. The Morgan fingerprint density at radius 2 is 2.08 bits per heavy atom. The van der Waals surface area contributed by atoms with Crippen LogP contribution < -0.4 is 5.73 Å². The summed E-state index contributed by atoms with van der Waals surface area (Å²) in [5.74, 6) is 0.616. The van der Waals surface area contributed by atoms with Crippen molar-refractivity contribution < 1.29 is 9.52 Å². The minimum Gasteiger partial charge on any atom is -0.448 e. The van der Waals surface area contributed by atoms with Crippen molar-refractivity contribution in [2.45, 2.75) is 26.0 Å². The average molecular weight is 204 g/mol. The third-order valence-corrected chi connectivity index (χ3v) is 2.18. The Morgan fingerprint density at radius 3 is 2.46 bits per heavy atom. The first-order chi connectivity index (χ1) is 6.02. The first-order valence-corrected chi connectivity index (χ1v) is 4.59. The summed E-state index contributed by atoms with van der Waals surface area (Å²) < 4.78 is 5.10. The van der Waals surface area contributed by atoms with Crippen molar-refractivity contribution in [3.63, 3.8) is 0 Å². The number of hydrogen-bond acceptors (Lipinski definition) is 3. The number of nitrogens with two attached hydrogens (primary N) is 1. The van der Waals surface area contributed by atoms with Gasteiger partial charge in [0.1, 0.15) is 5.76 Å². The molecule has 0 fully saturated rings. The van der Waals surface area contributed by atoms with E-state index in [1.165, 1.54) is 0 Å². The summed E-state index contributed by atoms with van der Waals surface area (Å²) in [6.07, 6.45) is -0.609. The molecule has 0 amide bonds. The van der Waals surface area contributed by atoms with Gasteiger partial charge in [-0.25, -0.2) is 0 Å². The molecule has 1 heterocycles. The molecule has 0 saturated heterocycles. The molecule has 1 rings (SSSR count). The van der Waals surface area contributed by atoms with Crippen LogP contribution in [0, 0.1) is 5.92 Å². The van der Waals surface area contributed by atoms with Crippen LogP contribution in [0.2, 0.25) is 5.22 Å². The van der Waals surface area contributed by atoms with Crippen LogP contribution in [0.15, 0.2) is 16.5 Å². The monoisotopic (exact) mass is 203 g/mol. The Morgan fingerprint density at radius 1 is 1.46 bits per heavy atom. The molecule has 1 aromatic rings. The van der Waals surface area contributed by atoms with E-state index >= 15 is 0 Å². The Bertz CT molecular complexity index is 272. The highest BCUT2D eigenvalue weighted by Gasteiger charge is 2.22. The van der Waals surface area contributed by atoms with E-state index in [-0.39, 0.29) is 5.92 Å². The molecule has 0 saturated carbocycles. The summed E-state index contributed by atoms with van der Waals surface area (Å²) in [6.45, 7) is 3.80. The van der Waals surface area contributed by atoms with Crippen molar-refractivity contribution >= 4 is 11.6 Å². The number of aliphatic hydroxyl groups excluding tert-OH is 1. The highest BCUT2D eigenvalue weighted by Crippen LogP contribution is 2.23. The zero-order valence-electron chi connectivity index (χ0n) is 7.70. The highest BCUT2D eigenvalue weighted by atomic mass is 35.5. The molecule has 0 aliphatic heterocycles. The van der Waals surface area contributed by atoms with Gasteiger partial charge in [0.05, 0.1) is 12.1 Å². The molecule has 0 bridgehead atoms. The third-order valence-electron chi connectivity index (χ3n) is 1.97. The summed E-state index contributed by atoms with van der Waals surface area (Å²) in [5, 5.41) is 9.92. The van der Waals surface area contributed by atoms with Crippen LogP contribution >= 0.6 is 11.6 Å². The molecule has 0 aliphatic carbocycles. The molecule has 2 atom stereocenters. The van der Waals surface area contributed by atoms with Gasteiger partial charge in [-0.2, -0.15) is 0 Å². The first-order valence-electron chi connectivity index (χ1n) is 4.21. The average Bonchev–Trinajstić information content (AvgIpc) is 2.49. The summed E-state index contributed by atoms with van der Waals surface area (Å²) >= 11 is 5.58. The lowest BCUT2D eigenvalue weighted by atomic mass is 9.99. The van der Waals surface area contributed by atoms with Crippen LogP contribution in [0.1, 0.15) is 25.6 Å². The third kappa shape index (κ3) is 2.46. The Kier molecular flexibility index (Phi) is 3.36. The number of rotatable bonds is 3. The summed E-state index contributed by atoms with van der Waals surface area (Å²) in [4.78, 5) is 0.